The zero-order chi connectivity index (χ0) is 12.1. The highest BCUT2D eigenvalue weighted by Crippen LogP contribution is 2.34. The molecule has 5 nitrogen and oxygen atoms in total. The number of aromatic nitrogens is 3. The summed E-state index contributed by atoms with van der Waals surface area (Å²) in [4.78, 5) is 21.5. The first-order chi connectivity index (χ1) is 8.83. The summed E-state index contributed by atoms with van der Waals surface area (Å²) in [5, 5.41) is 4.56. The van der Waals surface area contributed by atoms with Gasteiger partial charge < -0.3 is 9.51 Å². The van der Waals surface area contributed by atoms with Gasteiger partial charge >= 0.3 is 0 Å². The van der Waals surface area contributed by atoms with E-state index in [-0.39, 0.29) is 5.56 Å². The molecule has 0 aromatic carbocycles. The molecule has 1 N–H and O–H groups in total. The molecule has 0 fully saturated rings. The molecule has 0 saturated carbocycles. The lowest BCUT2D eigenvalue weighted by Crippen LogP contribution is -2.09. The van der Waals surface area contributed by atoms with Crippen LogP contribution < -0.4 is 5.56 Å². The van der Waals surface area contributed by atoms with Crippen LogP contribution in [0.4, 0.5) is 0 Å². The van der Waals surface area contributed by atoms with Crippen LogP contribution in [0.15, 0.2) is 21.6 Å². The molecule has 6 heteroatoms. The number of fused-ring (bicyclic) bond motifs is 3. The molecule has 1 aliphatic carbocycles. The van der Waals surface area contributed by atoms with E-state index in [4.69, 9.17) is 4.52 Å². The Bertz CT molecular complexity index is 786. The molecule has 0 amide bonds. The Morgan fingerprint density at radius 1 is 1.39 bits per heavy atom. The molecule has 1 aliphatic rings. The third kappa shape index (κ3) is 1.29. The molecule has 18 heavy (non-hydrogen) atoms. The van der Waals surface area contributed by atoms with E-state index in [9.17, 15) is 4.79 Å². The summed E-state index contributed by atoms with van der Waals surface area (Å²) in [5.74, 6) is 0.473. The first-order valence-corrected chi connectivity index (χ1v) is 6.60. The van der Waals surface area contributed by atoms with Gasteiger partial charge in [-0.3, -0.25) is 4.79 Å². The fourth-order valence-electron chi connectivity index (χ4n) is 2.46. The van der Waals surface area contributed by atoms with Crippen LogP contribution in [0, 0.1) is 0 Å². The number of hydrogen-bond acceptors (Lipinski definition) is 5. The quantitative estimate of drug-likeness (QED) is 0.726. The molecular formula is C12H9N3O2S. The standard InChI is InChI=1S/C12H9N3O2S/c16-11-9-6-2-1-3-8(6)18-12(9)14-10(13-11)7-4-5-17-15-7/h4-5H,1-3H2,(H,13,14,16). The van der Waals surface area contributed by atoms with E-state index < -0.39 is 0 Å². The Hall–Kier alpha value is -1.95. The van der Waals surface area contributed by atoms with E-state index in [1.165, 1.54) is 16.7 Å². The molecule has 0 spiro atoms. The Balaban J connectivity index is 2.03. The average molecular weight is 259 g/mol. The number of rotatable bonds is 1. The fourth-order valence-corrected chi connectivity index (χ4v) is 3.72. The van der Waals surface area contributed by atoms with Crippen LogP contribution in [0.25, 0.3) is 21.7 Å². The monoisotopic (exact) mass is 259 g/mol. The van der Waals surface area contributed by atoms with Crippen molar-refractivity contribution in [2.45, 2.75) is 19.3 Å². The lowest BCUT2D eigenvalue weighted by molar-refractivity contribution is 0.422. The average Bonchev–Trinajstić information content (AvgIpc) is 3.04. The zero-order valence-corrected chi connectivity index (χ0v) is 10.2. The molecule has 0 radical (unpaired) electrons. The van der Waals surface area contributed by atoms with Gasteiger partial charge in [0.15, 0.2) is 5.82 Å². The summed E-state index contributed by atoms with van der Waals surface area (Å²) >= 11 is 1.62. The van der Waals surface area contributed by atoms with Gasteiger partial charge in [0.1, 0.15) is 16.8 Å². The molecular weight excluding hydrogens is 250 g/mol. The van der Waals surface area contributed by atoms with Crippen LogP contribution in [0.3, 0.4) is 0 Å². The molecule has 3 heterocycles. The number of hydrogen-bond donors (Lipinski definition) is 1. The molecule has 0 aliphatic heterocycles. The lowest BCUT2D eigenvalue weighted by atomic mass is 10.2. The van der Waals surface area contributed by atoms with Crippen molar-refractivity contribution in [3.05, 3.63) is 33.1 Å². The Labute approximate surface area is 105 Å². The normalized spacial score (nSPS) is 14.2. The minimum absolute atomic E-state index is 0.0719. The smallest absolute Gasteiger partial charge is 0.260 e. The summed E-state index contributed by atoms with van der Waals surface area (Å²) in [7, 11) is 0. The first kappa shape index (κ1) is 10.0. The lowest BCUT2D eigenvalue weighted by Gasteiger charge is -1.96. The van der Waals surface area contributed by atoms with Gasteiger partial charge in [-0.05, 0) is 24.8 Å². The third-order valence-electron chi connectivity index (χ3n) is 3.26. The molecule has 0 atom stereocenters. The van der Waals surface area contributed by atoms with Crippen molar-refractivity contribution in [2.24, 2.45) is 0 Å². The molecule has 4 rings (SSSR count). The molecule has 90 valence electrons. The third-order valence-corrected chi connectivity index (χ3v) is 4.44. The fraction of sp³-hybridized carbons (Fsp3) is 0.250. The first-order valence-electron chi connectivity index (χ1n) is 5.78. The van der Waals surface area contributed by atoms with E-state index in [1.807, 2.05) is 0 Å². The van der Waals surface area contributed by atoms with Crippen molar-refractivity contribution >= 4 is 21.6 Å². The van der Waals surface area contributed by atoms with E-state index in [1.54, 1.807) is 17.4 Å². The Morgan fingerprint density at radius 2 is 2.33 bits per heavy atom. The van der Waals surface area contributed by atoms with Gasteiger partial charge in [0.2, 0.25) is 0 Å². The van der Waals surface area contributed by atoms with Gasteiger partial charge in [-0.2, -0.15) is 0 Å². The number of H-pyrrole nitrogens is 1. The van der Waals surface area contributed by atoms with E-state index in [0.29, 0.717) is 11.5 Å². The van der Waals surface area contributed by atoms with Gasteiger partial charge in [-0.1, -0.05) is 5.16 Å². The summed E-state index contributed by atoms with van der Waals surface area (Å²) in [6, 6.07) is 1.69. The van der Waals surface area contributed by atoms with Gasteiger partial charge in [0.05, 0.1) is 5.39 Å². The van der Waals surface area contributed by atoms with Crippen molar-refractivity contribution in [3.63, 3.8) is 0 Å². The number of nitrogens with one attached hydrogen (secondary N) is 1. The van der Waals surface area contributed by atoms with Crippen molar-refractivity contribution in [2.75, 3.05) is 0 Å². The predicted octanol–water partition coefficient (Wildman–Crippen LogP) is 2.13. The predicted molar refractivity (Wildman–Crippen MR) is 67.8 cm³/mol. The molecule has 0 unspecified atom stereocenters. The zero-order valence-electron chi connectivity index (χ0n) is 9.40. The second-order valence-electron chi connectivity index (χ2n) is 4.34. The Kier molecular flexibility index (Phi) is 1.96. The molecule has 3 aromatic rings. The van der Waals surface area contributed by atoms with E-state index in [2.05, 4.69) is 15.1 Å². The highest BCUT2D eigenvalue weighted by molar-refractivity contribution is 7.18. The highest BCUT2D eigenvalue weighted by Gasteiger charge is 2.21. The Morgan fingerprint density at radius 3 is 3.17 bits per heavy atom. The summed E-state index contributed by atoms with van der Waals surface area (Å²) in [6.07, 6.45) is 4.66. The number of thiophene rings is 1. The minimum Gasteiger partial charge on any atom is -0.364 e. The topological polar surface area (TPSA) is 71.8 Å². The molecule has 3 aromatic heterocycles. The van der Waals surface area contributed by atoms with Gasteiger partial charge in [-0.15, -0.1) is 11.3 Å². The van der Waals surface area contributed by atoms with Crippen LogP contribution in [-0.2, 0) is 12.8 Å². The number of aryl methyl sites for hydroxylation is 2. The SMILES string of the molecule is O=c1[nH]c(-c2ccon2)nc2sc3c(c12)CCC3. The van der Waals surface area contributed by atoms with Crippen molar-refractivity contribution in [1.29, 1.82) is 0 Å². The minimum atomic E-state index is -0.0719. The van der Waals surface area contributed by atoms with Crippen molar-refractivity contribution < 1.29 is 4.52 Å². The van der Waals surface area contributed by atoms with Crippen LogP contribution in [0.1, 0.15) is 16.9 Å². The molecule has 0 saturated heterocycles. The van der Waals surface area contributed by atoms with Crippen LogP contribution in [0.2, 0.25) is 0 Å². The maximum Gasteiger partial charge on any atom is 0.260 e. The number of nitrogens with zero attached hydrogens (tertiary/aromatic N) is 2. The van der Waals surface area contributed by atoms with Crippen molar-refractivity contribution in [1.82, 2.24) is 15.1 Å². The van der Waals surface area contributed by atoms with Crippen LogP contribution >= 0.6 is 11.3 Å². The number of aromatic amines is 1. The van der Waals surface area contributed by atoms with Gasteiger partial charge in [0, 0.05) is 10.9 Å². The molecule has 0 bridgehead atoms. The van der Waals surface area contributed by atoms with Gasteiger partial charge in [0.25, 0.3) is 5.56 Å². The van der Waals surface area contributed by atoms with E-state index in [0.717, 1.165) is 29.5 Å². The van der Waals surface area contributed by atoms with Crippen LogP contribution in [-0.4, -0.2) is 15.1 Å². The maximum atomic E-state index is 12.2. The maximum absolute atomic E-state index is 12.2. The largest absolute Gasteiger partial charge is 0.364 e. The highest BCUT2D eigenvalue weighted by atomic mass is 32.1. The van der Waals surface area contributed by atoms with Crippen molar-refractivity contribution in [3.8, 4) is 11.5 Å². The summed E-state index contributed by atoms with van der Waals surface area (Å²) < 4.78 is 4.77. The second-order valence-corrected chi connectivity index (χ2v) is 5.42. The van der Waals surface area contributed by atoms with Gasteiger partial charge in [-0.25, -0.2) is 4.98 Å². The summed E-state index contributed by atoms with van der Waals surface area (Å²) in [6.45, 7) is 0. The van der Waals surface area contributed by atoms with E-state index >= 15 is 0 Å². The summed E-state index contributed by atoms with van der Waals surface area (Å²) in [5.41, 5.74) is 1.68. The second kappa shape index (κ2) is 3.52. The van der Waals surface area contributed by atoms with Crippen LogP contribution in [0.5, 0.6) is 0 Å².